The number of aromatic nitrogens is 2. The van der Waals surface area contributed by atoms with E-state index < -0.39 is 0 Å². The highest BCUT2D eigenvalue weighted by Crippen LogP contribution is 2.23. The van der Waals surface area contributed by atoms with Gasteiger partial charge in [-0.15, -0.1) is 0 Å². The highest BCUT2D eigenvalue weighted by atomic mass is 16.5. The molecule has 2 heterocycles. The number of methoxy groups -OCH3 is 1. The minimum absolute atomic E-state index is 0.151. The van der Waals surface area contributed by atoms with Gasteiger partial charge in [0.25, 0.3) is 5.89 Å². The Balaban J connectivity index is 1.15. The van der Waals surface area contributed by atoms with Gasteiger partial charge in [0.15, 0.2) is 5.82 Å². The third kappa shape index (κ3) is 4.88. The second-order valence-corrected chi connectivity index (χ2v) is 8.26. The van der Waals surface area contributed by atoms with Gasteiger partial charge >= 0.3 is 0 Å². The Bertz CT molecular complexity index is 1240. The van der Waals surface area contributed by atoms with Crippen molar-refractivity contribution in [1.29, 1.82) is 0 Å². The van der Waals surface area contributed by atoms with Gasteiger partial charge in [-0.1, -0.05) is 47.6 Å². The number of ether oxygens (including phenoxy) is 1. The molecule has 0 aliphatic carbocycles. The fraction of sp³-hybridized carbons (Fsp3) is 0.269. The Labute approximate surface area is 192 Å². The van der Waals surface area contributed by atoms with E-state index in [1.165, 1.54) is 5.39 Å². The lowest BCUT2D eigenvalue weighted by Gasteiger charge is -2.34. The maximum absolute atomic E-state index is 12.7. The molecule has 3 aromatic carbocycles. The average Bonchev–Trinajstić information content (AvgIpc) is 3.33. The van der Waals surface area contributed by atoms with Crippen molar-refractivity contribution < 1.29 is 14.1 Å². The van der Waals surface area contributed by atoms with Crippen molar-refractivity contribution in [2.24, 2.45) is 0 Å². The number of rotatable bonds is 6. The standard InChI is InChI=1S/C26H26N4O3/c1-32-23-10-6-19(7-11-23)16-25(31)30-14-12-29(13-15-30)18-24-27-26(33-28-24)22-9-8-20-4-2-3-5-21(20)17-22/h2-11,17H,12-16,18H2,1H3. The lowest BCUT2D eigenvalue weighted by Crippen LogP contribution is -2.48. The molecule has 0 N–H and O–H groups in total. The molecule has 1 aliphatic heterocycles. The van der Waals surface area contributed by atoms with Crippen LogP contribution in [0.3, 0.4) is 0 Å². The molecular formula is C26H26N4O3. The van der Waals surface area contributed by atoms with Gasteiger partial charge in [-0.05, 0) is 40.6 Å². The second kappa shape index (κ2) is 9.42. The van der Waals surface area contributed by atoms with E-state index in [0.29, 0.717) is 37.8 Å². The molecular weight excluding hydrogens is 416 g/mol. The van der Waals surface area contributed by atoms with Crippen molar-refractivity contribution in [3.63, 3.8) is 0 Å². The molecule has 0 spiro atoms. The average molecular weight is 443 g/mol. The summed E-state index contributed by atoms with van der Waals surface area (Å²) in [6, 6.07) is 22.0. The van der Waals surface area contributed by atoms with Crippen molar-refractivity contribution in [3.8, 4) is 17.2 Å². The maximum atomic E-state index is 12.7. The molecule has 1 fully saturated rings. The number of hydrogen-bond donors (Lipinski definition) is 0. The summed E-state index contributed by atoms with van der Waals surface area (Å²) in [4.78, 5) is 21.5. The van der Waals surface area contributed by atoms with Crippen molar-refractivity contribution in [1.82, 2.24) is 19.9 Å². The molecule has 4 aromatic rings. The van der Waals surface area contributed by atoms with Crippen molar-refractivity contribution in [2.45, 2.75) is 13.0 Å². The molecule has 1 saturated heterocycles. The molecule has 0 unspecified atom stereocenters. The van der Waals surface area contributed by atoms with Gasteiger partial charge in [-0.3, -0.25) is 9.69 Å². The molecule has 0 bridgehead atoms. The third-order valence-corrected chi connectivity index (χ3v) is 6.07. The van der Waals surface area contributed by atoms with E-state index >= 15 is 0 Å². The molecule has 1 aromatic heterocycles. The highest BCUT2D eigenvalue weighted by Gasteiger charge is 2.22. The van der Waals surface area contributed by atoms with E-state index in [-0.39, 0.29) is 5.91 Å². The number of hydrogen-bond acceptors (Lipinski definition) is 6. The van der Waals surface area contributed by atoms with Crippen LogP contribution in [0.1, 0.15) is 11.4 Å². The van der Waals surface area contributed by atoms with E-state index in [4.69, 9.17) is 9.26 Å². The summed E-state index contributed by atoms with van der Waals surface area (Å²) in [5.41, 5.74) is 1.91. The van der Waals surface area contributed by atoms with Gasteiger partial charge in [0.2, 0.25) is 5.91 Å². The van der Waals surface area contributed by atoms with Crippen molar-refractivity contribution in [3.05, 3.63) is 78.1 Å². The Morgan fingerprint density at radius 1 is 0.970 bits per heavy atom. The van der Waals surface area contributed by atoms with Gasteiger partial charge in [-0.25, -0.2) is 0 Å². The fourth-order valence-electron chi connectivity index (χ4n) is 4.14. The fourth-order valence-corrected chi connectivity index (χ4v) is 4.14. The maximum Gasteiger partial charge on any atom is 0.257 e. The Morgan fingerprint density at radius 3 is 2.48 bits per heavy atom. The Hall–Kier alpha value is -3.71. The van der Waals surface area contributed by atoms with Crippen LogP contribution >= 0.6 is 0 Å². The Morgan fingerprint density at radius 2 is 1.73 bits per heavy atom. The van der Waals surface area contributed by atoms with E-state index in [1.807, 2.05) is 47.4 Å². The number of benzene rings is 3. The minimum atomic E-state index is 0.151. The summed E-state index contributed by atoms with van der Waals surface area (Å²) in [6.07, 6.45) is 0.407. The van der Waals surface area contributed by atoms with Gasteiger partial charge in [0.05, 0.1) is 20.1 Å². The number of carbonyl (C=O) groups excluding carboxylic acids is 1. The number of piperazine rings is 1. The molecule has 168 valence electrons. The zero-order valence-electron chi connectivity index (χ0n) is 18.6. The van der Waals surface area contributed by atoms with E-state index in [9.17, 15) is 4.79 Å². The van der Waals surface area contributed by atoms with E-state index in [1.54, 1.807) is 7.11 Å². The van der Waals surface area contributed by atoms with Crippen LogP contribution in [-0.2, 0) is 17.8 Å². The first-order chi connectivity index (χ1) is 16.2. The van der Waals surface area contributed by atoms with Crippen LogP contribution in [0.2, 0.25) is 0 Å². The summed E-state index contributed by atoms with van der Waals surface area (Å²) in [5.74, 6) is 2.14. The number of fused-ring (bicyclic) bond motifs is 1. The largest absolute Gasteiger partial charge is 0.497 e. The molecule has 7 nitrogen and oxygen atoms in total. The van der Waals surface area contributed by atoms with Crippen LogP contribution in [-0.4, -0.2) is 59.1 Å². The Kier molecular flexibility index (Phi) is 6.04. The molecule has 1 aliphatic rings. The first kappa shape index (κ1) is 21.2. The van der Waals surface area contributed by atoms with Gasteiger partial charge in [0.1, 0.15) is 5.75 Å². The van der Waals surface area contributed by atoms with E-state index in [2.05, 4.69) is 39.3 Å². The van der Waals surface area contributed by atoms with Crippen LogP contribution in [0.4, 0.5) is 0 Å². The lowest BCUT2D eigenvalue weighted by molar-refractivity contribution is -0.132. The predicted molar refractivity (Wildman–Crippen MR) is 126 cm³/mol. The normalized spacial score (nSPS) is 14.5. The second-order valence-electron chi connectivity index (χ2n) is 8.26. The lowest BCUT2D eigenvalue weighted by atomic mass is 10.1. The van der Waals surface area contributed by atoms with Crippen LogP contribution in [0.15, 0.2) is 71.3 Å². The van der Waals surface area contributed by atoms with Crippen LogP contribution in [0.5, 0.6) is 5.75 Å². The van der Waals surface area contributed by atoms with Crippen LogP contribution in [0.25, 0.3) is 22.2 Å². The predicted octanol–water partition coefficient (Wildman–Crippen LogP) is 3.79. The molecule has 33 heavy (non-hydrogen) atoms. The minimum Gasteiger partial charge on any atom is -0.497 e. The van der Waals surface area contributed by atoms with Gasteiger partial charge in [0, 0.05) is 31.7 Å². The quantitative estimate of drug-likeness (QED) is 0.453. The molecule has 5 rings (SSSR count). The van der Waals surface area contributed by atoms with Crippen LogP contribution in [0, 0.1) is 0 Å². The number of nitrogens with zero attached hydrogens (tertiary/aromatic N) is 4. The summed E-state index contributed by atoms with van der Waals surface area (Å²) < 4.78 is 10.7. The van der Waals surface area contributed by atoms with E-state index in [0.717, 1.165) is 35.4 Å². The summed E-state index contributed by atoms with van der Waals surface area (Å²) in [7, 11) is 1.64. The molecule has 7 heteroatoms. The number of amides is 1. The summed E-state index contributed by atoms with van der Waals surface area (Å²) >= 11 is 0. The number of carbonyl (C=O) groups is 1. The van der Waals surface area contributed by atoms with Crippen molar-refractivity contribution >= 4 is 16.7 Å². The summed E-state index contributed by atoms with van der Waals surface area (Å²) in [5, 5.41) is 6.50. The van der Waals surface area contributed by atoms with Gasteiger partial charge in [-0.2, -0.15) is 4.98 Å². The third-order valence-electron chi connectivity index (χ3n) is 6.07. The summed E-state index contributed by atoms with van der Waals surface area (Å²) in [6.45, 7) is 3.58. The van der Waals surface area contributed by atoms with Crippen molar-refractivity contribution in [2.75, 3.05) is 33.3 Å². The topological polar surface area (TPSA) is 71.7 Å². The molecule has 0 radical (unpaired) electrons. The first-order valence-electron chi connectivity index (χ1n) is 11.1. The smallest absolute Gasteiger partial charge is 0.257 e. The molecule has 0 atom stereocenters. The van der Waals surface area contributed by atoms with Gasteiger partial charge < -0.3 is 14.2 Å². The van der Waals surface area contributed by atoms with Crippen LogP contribution < -0.4 is 4.74 Å². The monoisotopic (exact) mass is 442 g/mol. The molecule has 0 saturated carbocycles. The zero-order chi connectivity index (χ0) is 22.6. The first-order valence-corrected chi connectivity index (χ1v) is 11.1. The molecule has 1 amide bonds. The zero-order valence-corrected chi connectivity index (χ0v) is 18.6. The highest BCUT2D eigenvalue weighted by molar-refractivity contribution is 5.86. The SMILES string of the molecule is COc1ccc(CC(=O)N2CCN(Cc3noc(-c4ccc5ccccc5c4)n3)CC2)cc1.